The highest BCUT2D eigenvalue weighted by Crippen LogP contribution is 2.33. The van der Waals surface area contributed by atoms with Gasteiger partial charge in [-0.15, -0.1) is 0 Å². The Morgan fingerprint density at radius 3 is 3.00 bits per heavy atom. The summed E-state index contributed by atoms with van der Waals surface area (Å²) in [6.07, 6.45) is 3.19. The number of likely N-dealkylation sites (tertiary alicyclic amines) is 1. The summed E-state index contributed by atoms with van der Waals surface area (Å²) in [7, 11) is 0. The van der Waals surface area contributed by atoms with Gasteiger partial charge in [0.15, 0.2) is 11.5 Å². The van der Waals surface area contributed by atoms with Gasteiger partial charge in [-0.3, -0.25) is 4.79 Å². The van der Waals surface area contributed by atoms with E-state index in [0.29, 0.717) is 23.6 Å². The van der Waals surface area contributed by atoms with Crippen molar-refractivity contribution in [3.8, 4) is 11.5 Å². The zero-order valence-corrected chi connectivity index (χ0v) is 10.8. The molecule has 5 heteroatoms. The second-order valence-electron chi connectivity index (χ2n) is 4.95. The number of amides is 1. The zero-order chi connectivity index (χ0) is 13.2. The fourth-order valence-electron chi connectivity index (χ4n) is 2.71. The molecular weight excluding hydrogens is 244 g/mol. The maximum absolute atomic E-state index is 12.5. The fraction of sp³-hybridized carbons (Fsp3) is 0.500. The van der Waals surface area contributed by atoms with Crippen LogP contribution in [0.15, 0.2) is 18.2 Å². The number of carbonyl (C=O) groups excluding carboxylic acids is 1. The lowest BCUT2D eigenvalue weighted by Crippen LogP contribution is -2.47. The molecular formula is C14H18N2O3. The number of nitrogens with zero attached hydrogens (tertiary/aromatic N) is 1. The van der Waals surface area contributed by atoms with E-state index in [1.807, 2.05) is 4.90 Å². The average Bonchev–Trinajstić information content (AvgIpc) is 2.93. The number of benzene rings is 1. The number of carbonyl (C=O) groups is 1. The summed E-state index contributed by atoms with van der Waals surface area (Å²) in [6.45, 7) is 1.54. The Bertz CT molecular complexity index is 490. The van der Waals surface area contributed by atoms with E-state index >= 15 is 0 Å². The van der Waals surface area contributed by atoms with Crippen molar-refractivity contribution in [3.05, 3.63) is 23.8 Å². The van der Waals surface area contributed by atoms with Crippen LogP contribution in [0.5, 0.6) is 11.5 Å². The number of fused-ring (bicyclic) bond motifs is 1. The largest absolute Gasteiger partial charge is 0.454 e. The number of piperidine rings is 1. The van der Waals surface area contributed by atoms with Gasteiger partial charge in [0.05, 0.1) is 0 Å². The normalized spacial score (nSPS) is 21.5. The van der Waals surface area contributed by atoms with Gasteiger partial charge in [-0.25, -0.2) is 0 Å². The van der Waals surface area contributed by atoms with Crippen molar-refractivity contribution < 1.29 is 14.3 Å². The zero-order valence-electron chi connectivity index (χ0n) is 10.8. The molecule has 1 unspecified atom stereocenters. The van der Waals surface area contributed by atoms with Gasteiger partial charge < -0.3 is 20.1 Å². The highest BCUT2D eigenvalue weighted by atomic mass is 16.7. The van der Waals surface area contributed by atoms with Gasteiger partial charge in [-0.1, -0.05) is 0 Å². The summed E-state index contributed by atoms with van der Waals surface area (Å²) in [5, 5.41) is 0. The van der Waals surface area contributed by atoms with Gasteiger partial charge in [-0.2, -0.15) is 0 Å². The molecule has 0 aliphatic carbocycles. The Morgan fingerprint density at radius 2 is 2.16 bits per heavy atom. The third-order valence-corrected chi connectivity index (χ3v) is 3.78. The quantitative estimate of drug-likeness (QED) is 0.874. The predicted molar refractivity (Wildman–Crippen MR) is 70.3 cm³/mol. The monoisotopic (exact) mass is 262 g/mol. The Morgan fingerprint density at radius 1 is 1.32 bits per heavy atom. The molecule has 0 radical (unpaired) electrons. The minimum atomic E-state index is 0.0356. The smallest absolute Gasteiger partial charge is 0.254 e. The van der Waals surface area contributed by atoms with Crippen molar-refractivity contribution >= 4 is 5.91 Å². The molecule has 1 aromatic rings. The summed E-state index contributed by atoms with van der Waals surface area (Å²) in [5.41, 5.74) is 6.40. The third-order valence-electron chi connectivity index (χ3n) is 3.78. The lowest BCUT2D eigenvalue weighted by atomic mass is 10.0. The van der Waals surface area contributed by atoms with Crippen molar-refractivity contribution in [2.24, 2.45) is 5.73 Å². The Kier molecular flexibility index (Phi) is 3.29. The highest BCUT2D eigenvalue weighted by molar-refractivity contribution is 5.95. The van der Waals surface area contributed by atoms with E-state index in [1.54, 1.807) is 18.2 Å². The molecule has 2 aliphatic heterocycles. The minimum Gasteiger partial charge on any atom is -0.454 e. The van der Waals surface area contributed by atoms with Crippen LogP contribution in [0, 0.1) is 0 Å². The molecule has 1 atom stereocenters. The van der Waals surface area contributed by atoms with Gasteiger partial charge in [0.1, 0.15) is 0 Å². The van der Waals surface area contributed by atoms with Crippen LogP contribution < -0.4 is 15.2 Å². The van der Waals surface area contributed by atoms with Crippen LogP contribution in [0.3, 0.4) is 0 Å². The highest BCUT2D eigenvalue weighted by Gasteiger charge is 2.27. The van der Waals surface area contributed by atoms with Crippen LogP contribution in [0.4, 0.5) is 0 Å². The molecule has 0 aromatic heterocycles. The second kappa shape index (κ2) is 5.09. The first-order valence-corrected chi connectivity index (χ1v) is 6.70. The molecule has 2 aliphatic rings. The molecule has 1 saturated heterocycles. The molecule has 5 nitrogen and oxygen atoms in total. The summed E-state index contributed by atoms with van der Waals surface area (Å²) in [5.74, 6) is 1.38. The van der Waals surface area contributed by atoms with Gasteiger partial charge in [-0.05, 0) is 37.5 Å². The first-order chi connectivity index (χ1) is 9.29. The van der Waals surface area contributed by atoms with Crippen LogP contribution in [0.2, 0.25) is 0 Å². The Hall–Kier alpha value is -1.75. The van der Waals surface area contributed by atoms with Gasteiger partial charge >= 0.3 is 0 Å². The first kappa shape index (κ1) is 12.3. The molecule has 2 heterocycles. The lowest BCUT2D eigenvalue weighted by molar-refractivity contribution is 0.0623. The Labute approximate surface area is 112 Å². The van der Waals surface area contributed by atoms with Crippen LogP contribution >= 0.6 is 0 Å². The van der Waals surface area contributed by atoms with E-state index in [2.05, 4.69) is 0 Å². The van der Waals surface area contributed by atoms with Crippen molar-refractivity contribution in [2.75, 3.05) is 19.9 Å². The van der Waals surface area contributed by atoms with E-state index < -0.39 is 0 Å². The van der Waals surface area contributed by atoms with E-state index in [4.69, 9.17) is 15.2 Å². The number of hydrogen-bond acceptors (Lipinski definition) is 4. The number of rotatable bonds is 2. The van der Waals surface area contributed by atoms with Gasteiger partial charge in [0.25, 0.3) is 5.91 Å². The summed E-state index contributed by atoms with van der Waals surface area (Å²) < 4.78 is 10.6. The van der Waals surface area contributed by atoms with E-state index in [9.17, 15) is 4.79 Å². The molecule has 102 valence electrons. The predicted octanol–water partition coefficient (Wildman–Crippen LogP) is 1.37. The van der Waals surface area contributed by atoms with Crippen molar-refractivity contribution in [3.63, 3.8) is 0 Å². The SMILES string of the molecule is NCC1CCCCN1C(=O)c1ccc2c(c1)OCO2. The average molecular weight is 262 g/mol. The number of nitrogens with two attached hydrogens (primary N) is 1. The van der Waals surface area contributed by atoms with Crippen molar-refractivity contribution in [1.82, 2.24) is 4.90 Å². The first-order valence-electron chi connectivity index (χ1n) is 6.70. The van der Waals surface area contributed by atoms with Crippen molar-refractivity contribution in [1.29, 1.82) is 0 Å². The van der Waals surface area contributed by atoms with Crippen LogP contribution in [-0.4, -0.2) is 36.7 Å². The third kappa shape index (κ3) is 2.26. The maximum Gasteiger partial charge on any atom is 0.254 e. The van der Waals surface area contributed by atoms with Crippen molar-refractivity contribution in [2.45, 2.75) is 25.3 Å². The molecule has 1 aromatic carbocycles. The fourth-order valence-corrected chi connectivity index (χ4v) is 2.71. The topological polar surface area (TPSA) is 64.8 Å². The molecule has 1 fully saturated rings. The van der Waals surface area contributed by atoms with Gasteiger partial charge in [0.2, 0.25) is 6.79 Å². The molecule has 0 spiro atoms. The van der Waals surface area contributed by atoms with E-state index in [1.165, 1.54) is 0 Å². The number of ether oxygens (including phenoxy) is 2. The minimum absolute atomic E-state index is 0.0356. The maximum atomic E-state index is 12.5. The number of hydrogen-bond donors (Lipinski definition) is 1. The standard InChI is InChI=1S/C14H18N2O3/c15-8-11-3-1-2-6-16(11)14(17)10-4-5-12-13(7-10)19-9-18-12/h4-5,7,11H,1-3,6,8-9,15H2. The molecule has 3 rings (SSSR count). The van der Waals surface area contributed by atoms with Crippen LogP contribution in [0.1, 0.15) is 29.6 Å². The molecule has 2 N–H and O–H groups in total. The molecule has 0 bridgehead atoms. The Balaban J connectivity index is 1.82. The van der Waals surface area contributed by atoms with Crippen LogP contribution in [-0.2, 0) is 0 Å². The molecule has 19 heavy (non-hydrogen) atoms. The summed E-state index contributed by atoms with van der Waals surface area (Å²) in [6, 6.07) is 5.49. The van der Waals surface area contributed by atoms with E-state index in [0.717, 1.165) is 25.8 Å². The second-order valence-corrected chi connectivity index (χ2v) is 4.95. The lowest BCUT2D eigenvalue weighted by Gasteiger charge is -2.35. The molecule has 0 saturated carbocycles. The van der Waals surface area contributed by atoms with Gasteiger partial charge in [0, 0.05) is 24.7 Å². The van der Waals surface area contributed by atoms with Crippen LogP contribution in [0.25, 0.3) is 0 Å². The summed E-state index contributed by atoms with van der Waals surface area (Å²) >= 11 is 0. The van der Waals surface area contributed by atoms with E-state index in [-0.39, 0.29) is 18.7 Å². The molecule has 1 amide bonds. The summed E-state index contributed by atoms with van der Waals surface area (Å²) in [4.78, 5) is 14.4.